The normalized spacial score (nSPS) is 25.1. The van der Waals surface area contributed by atoms with Gasteiger partial charge in [0.1, 0.15) is 18.2 Å². The number of imide groups is 1. The number of nitrogens with zero attached hydrogens (tertiary/aromatic N) is 2. The molecule has 1 heterocycles. The van der Waals surface area contributed by atoms with Gasteiger partial charge in [-0.1, -0.05) is 31.4 Å². The molecule has 1 aromatic rings. The second kappa shape index (κ2) is 6.96. The Morgan fingerprint density at radius 2 is 2.23 bits per heavy atom. The lowest BCUT2D eigenvalue weighted by Gasteiger charge is -2.36. The number of nitriles is 1. The molecule has 26 heavy (non-hydrogen) atoms. The van der Waals surface area contributed by atoms with E-state index in [1.807, 2.05) is 13.0 Å². The average molecular weight is 375 g/mol. The van der Waals surface area contributed by atoms with Gasteiger partial charge in [-0.2, -0.15) is 5.26 Å². The Balaban J connectivity index is 1.69. The number of hydrogen-bond donors (Lipinski definition) is 2. The summed E-state index contributed by atoms with van der Waals surface area (Å²) in [5.74, 6) is -0.796. The zero-order valence-electron chi connectivity index (χ0n) is 14.3. The molecule has 7 nitrogen and oxygen atoms in total. The maximum atomic E-state index is 12.8. The van der Waals surface area contributed by atoms with Crippen LogP contribution in [0.5, 0.6) is 0 Å². The van der Waals surface area contributed by atoms with E-state index >= 15 is 0 Å². The fourth-order valence-corrected chi connectivity index (χ4v) is 3.89. The molecule has 3 rings (SSSR count). The minimum absolute atomic E-state index is 0.0399. The Bertz CT molecular complexity index is 819. The third kappa shape index (κ3) is 3.13. The lowest BCUT2D eigenvalue weighted by atomic mass is 9.73. The molecule has 0 aromatic heterocycles. The minimum Gasteiger partial charge on any atom is -0.324 e. The van der Waals surface area contributed by atoms with E-state index in [1.165, 1.54) is 12.1 Å². The number of carbonyl (C=O) groups excluding carboxylic acids is 3. The summed E-state index contributed by atoms with van der Waals surface area (Å²) in [6, 6.07) is 5.89. The van der Waals surface area contributed by atoms with Crippen molar-refractivity contribution in [2.45, 2.75) is 38.1 Å². The predicted molar refractivity (Wildman–Crippen MR) is 95.4 cm³/mol. The summed E-state index contributed by atoms with van der Waals surface area (Å²) in [5.41, 5.74) is -0.188. The van der Waals surface area contributed by atoms with Crippen molar-refractivity contribution in [3.63, 3.8) is 0 Å². The minimum atomic E-state index is -0.882. The first kappa shape index (κ1) is 18.2. The van der Waals surface area contributed by atoms with E-state index in [-0.39, 0.29) is 23.4 Å². The maximum Gasteiger partial charge on any atom is 0.325 e. The van der Waals surface area contributed by atoms with Crippen molar-refractivity contribution < 1.29 is 14.4 Å². The van der Waals surface area contributed by atoms with Crippen LogP contribution in [0.1, 0.15) is 38.2 Å². The first-order chi connectivity index (χ1) is 12.4. The summed E-state index contributed by atoms with van der Waals surface area (Å²) in [6.07, 6.45) is 3.38. The van der Waals surface area contributed by atoms with Gasteiger partial charge in [0.15, 0.2) is 0 Å². The second-order valence-electron chi connectivity index (χ2n) is 6.79. The highest BCUT2D eigenvalue weighted by Crippen LogP contribution is 2.38. The lowest BCUT2D eigenvalue weighted by molar-refractivity contribution is -0.136. The summed E-state index contributed by atoms with van der Waals surface area (Å²) in [6.45, 7) is 1.59. The van der Waals surface area contributed by atoms with Gasteiger partial charge < -0.3 is 10.6 Å². The topological polar surface area (TPSA) is 102 Å². The molecule has 1 aliphatic heterocycles. The molecule has 1 saturated heterocycles. The monoisotopic (exact) mass is 374 g/mol. The van der Waals surface area contributed by atoms with Gasteiger partial charge in [0, 0.05) is 5.69 Å². The first-order valence-corrected chi connectivity index (χ1v) is 8.89. The van der Waals surface area contributed by atoms with E-state index in [2.05, 4.69) is 10.6 Å². The Hall–Kier alpha value is -2.59. The summed E-state index contributed by atoms with van der Waals surface area (Å²) in [7, 11) is 0. The Labute approximate surface area is 156 Å². The Morgan fingerprint density at radius 1 is 1.46 bits per heavy atom. The van der Waals surface area contributed by atoms with Gasteiger partial charge in [-0.05, 0) is 37.0 Å². The average Bonchev–Trinajstić information content (AvgIpc) is 2.83. The number of amides is 4. The predicted octanol–water partition coefficient (Wildman–Crippen LogP) is 2.65. The number of halogens is 1. The Kier molecular flexibility index (Phi) is 4.88. The molecule has 1 aliphatic carbocycles. The van der Waals surface area contributed by atoms with Crippen molar-refractivity contribution in [1.29, 1.82) is 5.26 Å². The molecule has 8 heteroatoms. The van der Waals surface area contributed by atoms with Gasteiger partial charge in [-0.25, -0.2) is 4.79 Å². The van der Waals surface area contributed by atoms with Gasteiger partial charge in [0.25, 0.3) is 5.91 Å². The van der Waals surface area contributed by atoms with Gasteiger partial charge in [0.05, 0.1) is 10.6 Å². The quantitative estimate of drug-likeness (QED) is 0.794. The van der Waals surface area contributed by atoms with E-state index in [4.69, 9.17) is 16.9 Å². The summed E-state index contributed by atoms with van der Waals surface area (Å²) < 4.78 is 0. The van der Waals surface area contributed by atoms with Crippen molar-refractivity contribution >= 4 is 35.1 Å². The van der Waals surface area contributed by atoms with Crippen LogP contribution in [0.4, 0.5) is 10.5 Å². The molecule has 0 radical (unpaired) electrons. The van der Waals surface area contributed by atoms with Crippen LogP contribution in [0.3, 0.4) is 0 Å². The van der Waals surface area contributed by atoms with Gasteiger partial charge in [-0.15, -0.1) is 0 Å². The summed E-state index contributed by atoms with van der Waals surface area (Å²) >= 11 is 5.94. The SMILES string of the molecule is C[C@H]1CCCC[C@]12NC(=O)N(CC(=O)Nc1ccc(C#N)c(Cl)c1)C2=O. The number of carbonyl (C=O) groups is 3. The zero-order valence-corrected chi connectivity index (χ0v) is 15.1. The molecule has 2 N–H and O–H groups in total. The Morgan fingerprint density at radius 3 is 2.88 bits per heavy atom. The van der Waals surface area contributed by atoms with Gasteiger partial charge in [0.2, 0.25) is 5.91 Å². The third-order valence-corrected chi connectivity index (χ3v) is 5.49. The second-order valence-corrected chi connectivity index (χ2v) is 7.20. The van der Waals surface area contributed by atoms with Crippen LogP contribution in [-0.4, -0.2) is 34.8 Å². The van der Waals surface area contributed by atoms with Crippen molar-refractivity contribution in [2.75, 3.05) is 11.9 Å². The van der Waals surface area contributed by atoms with Crippen molar-refractivity contribution in [2.24, 2.45) is 5.92 Å². The molecule has 1 aromatic carbocycles. The van der Waals surface area contributed by atoms with Gasteiger partial charge in [-0.3, -0.25) is 14.5 Å². The highest BCUT2D eigenvalue weighted by molar-refractivity contribution is 6.32. The number of benzene rings is 1. The van der Waals surface area contributed by atoms with Crippen LogP contribution < -0.4 is 10.6 Å². The molecule has 0 unspecified atom stereocenters. The van der Waals surface area contributed by atoms with Crippen molar-refractivity contribution in [3.05, 3.63) is 28.8 Å². The molecule has 2 aliphatic rings. The molecular weight excluding hydrogens is 356 g/mol. The van der Waals surface area contributed by atoms with E-state index < -0.39 is 17.5 Å². The van der Waals surface area contributed by atoms with Gasteiger partial charge >= 0.3 is 6.03 Å². The fraction of sp³-hybridized carbons (Fsp3) is 0.444. The van der Waals surface area contributed by atoms with Crippen LogP contribution >= 0.6 is 11.6 Å². The first-order valence-electron chi connectivity index (χ1n) is 8.51. The highest BCUT2D eigenvalue weighted by atomic mass is 35.5. The summed E-state index contributed by atoms with van der Waals surface area (Å²) in [5, 5.41) is 14.5. The third-order valence-electron chi connectivity index (χ3n) is 5.18. The van der Waals surface area contributed by atoms with Crippen LogP contribution in [0.25, 0.3) is 0 Å². The van der Waals surface area contributed by atoms with Crippen molar-refractivity contribution in [1.82, 2.24) is 10.2 Å². The molecule has 136 valence electrons. The molecule has 4 amide bonds. The maximum absolute atomic E-state index is 12.8. The largest absolute Gasteiger partial charge is 0.325 e. The number of hydrogen-bond acceptors (Lipinski definition) is 4. The van der Waals surface area contributed by atoms with Crippen LogP contribution in [0.15, 0.2) is 18.2 Å². The molecule has 1 saturated carbocycles. The smallest absolute Gasteiger partial charge is 0.324 e. The van der Waals surface area contributed by atoms with E-state index in [1.54, 1.807) is 6.07 Å². The number of urea groups is 1. The molecular formula is C18H19ClN4O3. The van der Waals surface area contributed by atoms with Crippen LogP contribution in [-0.2, 0) is 9.59 Å². The molecule has 2 fully saturated rings. The van der Waals surface area contributed by atoms with Crippen LogP contribution in [0, 0.1) is 17.2 Å². The molecule has 1 spiro atoms. The fourth-order valence-electron chi connectivity index (χ4n) is 3.67. The summed E-state index contributed by atoms with van der Waals surface area (Å²) in [4.78, 5) is 38.4. The lowest BCUT2D eigenvalue weighted by Crippen LogP contribution is -2.54. The van der Waals surface area contributed by atoms with E-state index in [9.17, 15) is 14.4 Å². The molecule has 0 bridgehead atoms. The number of rotatable bonds is 3. The highest BCUT2D eigenvalue weighted by Gasteiger charge is 2.55. The standard InChI is InChI=1S/C18H19ClN4O3/c1-11-4-2-3-7-18(11)16(25)23(17(26)22-18)10-15(24)21-13-6-5-12(9-20)14(19)8-13/h5-6,8,11H,2-4,7,10H2,1H3,(H,21,24)(H,22,26)/t11-,18-/m0/s1. The van der Waals surface area contributed by atoms with E-state index in [0.717, 1.165) is 24.2 Å². The van der Waals surface area contributed by atoms with Crippen molar-refractivity contribution in [3.8, 4) is 6.07 Å². The zero-order chi connectivity index (χ0) is 18.9. The number of nitrogens with one attached hydrogen (secondary N) is 2. The van der Waals surface area contributed by atoms with E-state index in [0.29, 0.717) is 17.7 Å². The molecule has 2 atom stereocenters. The number of anilines is 1. The van der Waals surface area contributed by atoms with Crippen LogP contribution in [0.2, 0.25) is 5.02 Å².